The number of allylic oxidation sites excluding steroid dienone is 1. The fourth-order valence-corrected chi connectivity index (χ4v) is 7.42. The summed E-state index contributed by atoms with van der Waals surface area (Å²) in [6, 6.07) is 2.46. The van der Waals surface area contributed by atoms with E-state index in [0.29, 0.717) is 36.9 Å². The molecule has 0 unspecified atom stereocenters. The van der Waals surface area contributed by atoms with E-state index in [1.54, 1.807) is 13.8 Å². The quantitative estimate of drug-likeness (QED) is 0.0623. The van der Waals surface area contributed by atoms with Crippen molar-refractivity contribution in [2.24, 2.45) is 28.4 Å². The summed E-state index contributed by atoms with van der Waals surface area (Å²) in [6.07, 6.45) is 4.18. The number of ether oxygens (including phenoxy) is 2. The first kappa shape index (κ1) is 48.2. The molecule has 1 saturated carbocycles. The Kier molecular flexibility index (Phi) is 16.4. The summed E-state index contributed by atoms with van der Waals surface area (Å²) in [5, 5.41) is 5.66. The van der Waals surface area contributed by atoms with Gasteiger partial charge in [-0.15, -0.1) is 0 Å². The second kappa shape index (κ2) is 19.7. The molecule has 1 heterocycles. The Balaban J connectivity index is 1.76. The lowest BCUT2D eigenvalue weighted by atomic mass is 9.98. The number of carbonyl (C=O) groups is 6. The summed E-state index contributed by atoms with van der Waals surface area (Å²) in [6.45, 7) is 12.5. The van der Waals surface area contributed by atoms with Crippen molar-refractivity contribution in [1.29, 1.82) is 0 Å². The Hall–Kier alpha value is -4.21. The number of halogens is 2. The number of nitrogens with two attached hydrogens (primary N) is 1. The van der Waals surface area contributed by atoms with Crippen LogP contribution in [-0.2, 0) is 57.5 Å². The van der Waals surface area contributed by atoms with Crippen LogP contribution < -0.4 is 16.4 Å². The number of alkyl halides is 2. The number of fused-ring (bicyclic) bond motifs is 1. The number of nitrogens with zero attached hydrogens (tertiary/aromatic N) is 1. The summed E-state index contributed by atoms with van der Waals surface area (Å²) in [5.74, 6) is -3.23. The van der Waals surface area contributed by atoms with Crippen molar-refractivity contribution in [2.45, 2.75) is 125 Å². The molecule has 18 heteroatoms. The van der Waals surface area contributed by atoms with Gasteiger partial charge in [0.2, 0.25) is 37.2 Å². The molecule has 15 nitrogen and oxygen atoms in total. The van der Waals surface area contributed by atoms with Crippen molar-refractivity contribution in [1.82, 2.24) is 15.5 Å². The van der Waals surface area contributed by atoms with Crippen molar-refractivity contribution in [3.8, 4) is 0 Å². The minimum absolute atomic E-state index is 0.0105. The average molecular weight is 841 g/mol. The van der Waals surface area contributed by atoms with Gasteiger partial charge in [-0.3, -0.25) is 42.4 Å². The predicted molar refractivity (Wildman–Crippen MR) is 209 cm³/mol. The number of primary amides is 1. The Morgan fingerprint density at radius 2 is 1.48 bits per heavy atom. The summed E-state index contributed by atoms with van der Waals surface area (Å²) in [5.41, 5.74) is -1.26. The van der Waals surface area contributed by atoms with Gasteiger partial charge in [0.1, 0.15) is 12.1 Å². The first-order valence-electron chi connectivity index (χ1n) is 19.4. The normalized spacial score (nSPS) is 19.4. The van der Waals surface area contributed by atoms with Crippen LogP contribution >= 0.6 is 7.60 Å². The number of nitrogens with one attached hydrogen (secondary N) is 2. The number of unbranched alkanes of at least 4 members (excludes halogenated alkanes) is 1. The number of rotatable bonds is 20. The summed E-state index contributed by atoms with van der Waals surface area (Å²) >= 11 is 0. The van der Waals surface area contributed by atoms with Crippen LogP contribution in [-0.4, -0.2) is 78.7 Å². The van der Waals surface area contributed by atoms with Gasteiger partial charge in [-0.1, -0.05) is 44.0 Å². The number of benzene rings is 1. The average Bonchev–Trinajstić information content (AvgIpc) is 3.79. The molecule has 0 aromatic heterocycles. The first-order valence-corrected chi connectivity index (χ1v) is 21.0. The van der Waals surface area contributed by atoms with E-state index in [2.05, 4.69) is 10.6 Å². The van der Waals surface area contributed by atoms with Gasteiger partial charge in [-0.2, -0.15) is 8.78 Å². The van der Waals surface area contributed by atoms with Crippen LogP contribution in [0.3, 0.4) is 0 Å². The molecule has 1 aromatic carbocycles. The van der Waals surface area contributed by atoms with Gasteiger partial charge in [0.05, 0.1) is 10.8 Å². The van der Waals surface area contributed by atoms with Crippen LogP contribution in [0.5, 0.6) is 0 Å². The third-order valence-electron chi connectivity index (χ3n) is 9.80. The zero-order valence-corrected chi connectivity index (χ0v) is 35.8. The number of piperidine rings is 1. The lowest BCUT2D eigenvalue weighted by Gasteiger charge is -2.31. The number of amides is 4. The van der Waals surface area contributed by atoms with E-state index in [1.807, 2.05) is 6.92 Å². The number of carbonyl (C=O) groups excluding carboxylic acids is 6. The van der Waals surface area contributed by atoms with E-state index in [-0.39, 0.29) is 36.1 Å². The Morgan fingerprint density at radius 1 is 0.931 bits per heavy atom. The lowest BCUT2D eigenvalue weighted by Crippen LogP contribution is -2.55. The highest BCUT2D eigenvalue weighted by Crippen LogP contribution is 2.67. The molecule has 0 bridgehead atoms. The molecule has 1 aromatic rings. The monoisotopic (exact) mass is 840 g/mol. The maximum absolute atomic E-state index is 16.0. The molecule has 2 aliphatic rings. The number of hydrogen-bond donors (Lipinski definition) is 3. The Bertz CT molecular complexity index is 1720. The Morgan fingerprint density at radius 3 is 1.98 bits per heavy atom. The third kappa shape index (κ3) is 12.9. The molecule has 1 saturated heterocycles. The molecule has 4 N–H and O–H groups in total. The fourth-order valence-electron chi connectivity index (χ4n) is 6.17. The second-order valence-electron chi connectivity index (χ2n) is 17.0. The second-order valence-corrected chi connectivity index (χ2v) is 19.1. The SMILES string of the molecule is CCCC[C@H](NC(=O)/C=C(\C)c1ccc(C(F)(F)P(=O)(OCOC(=O)C(C)(C)C)OCOC(=O)C(C)(C)C)cc1)C(=O)N1C[C@H]2C[C@H]2[C@H]1C(=O)N[C@H](C)CCC(N)=O. The highest BCUT2D eigenvalue weighted by atomic mass is 31.2. The van der Waals surface area contributed by atoms with Crippen LogP contribution in [0.15, 0.2) is 30.3 Å². The van der Waals surface area contributed by atoms with Crippen LogP contribution in [0, 0.1) is 22.7 Å². The van der Waals surface area contributed by atoms with Gasteiger partial charge in [0, 0.05) is 30.6 Å². The van der Waals surface area contributed by atoms with Crippen molar-refractivity contribution in [3.63, 3.8) is 0 Å². The fraction of sp³-hybridized carbons (Fsp3) is 0.650. The van der Waals surface area contributed by atoms with Crippen molar-refractivity contribution in [2.75, 3.05) is 20.1 Å². The van der Waals surface area contributed by atoms with E-state index >= 15 is 8.78 Å². The summed E-state index contributed by atoms with van der Waals surface area (Å²) < 4.78 is 65.2. The maximum Gasteiger partial charge on any atom is 0.410 e. The minimum Gasteiger partial charge on any atom is -0.438 e. The number of hydrogen-bond acceptors (Lipinski definition) is 11. The molecule has 5 atom stereocenters. The van der Waals surface area contributed by atoms with E-state index in [0.717, 1.165) is 25.0 Å². The van der Waals surface area contributed by atoms with Gasteiger partial charge < -0.3 is 30.7 Å². The third-order valence-corrected chi connectivity index (χ3v) is 11.6. The molecule has 58 heavy (non-hydrogen) atoms. The van der Waals surface area contributed by atoms with E-state index in [1.165, 1.54) is 64.7 Å². The Labute approximate surface area is 339 Å². The van der Waals surface area contributed by atoms with Gasteiger partial charge in [-0.25, -0.2) is 0 Å². The molecular formula is C40H59F2N4O11P. The van der Waals surface area contributed by atoms with Crippen molar-refractivity contribution >= 4 is 48.7 Å². The number of likely N-dealkylation sites (tertiary alicyclic amines) is 1. The highest BCUT2D eigenvalue weighted by Gasteiger charge is 2.58. The van der Waals surface area contributed by atoms with E-state index in [9.17, 15) is 33.3 Å². The predicted octanol–water partition coefficient (Wildman–Crippen LogP) is 5.75. The van der Waals surface area contributed by atoms with Crippen LogP contribution in [0.2, 0.25) is 0 Å². The molecular weight excluding hydrogens is 781 g/mol. The van der Waals surface area contributed by atoms with Crippen molar-refractivity contribution < 1.29 is 60.6 Å². The summed E-state index contributed by atoms with van der Waals surface area (Å²) in [7, 11) is -5.54. The topological polar surface area (TPSA) is 210 Å². The molecule has 1 aliphatic carbocycles. The van der Waals surface area contributed by atoms with Gasteiger partial charge in [0.15, 0.2) is 0 Å². The molecule has 4 amide bonds. The van der Waals surface area contributed by atoms with Gasteiger partial charge >= 0.3 is 25.2 Å². The van der Waals surface area contributed by atoms with Crippen LogP contribution in [0.4, 0.5) is 8.78 Å². The van der Waals surface area contributed by atoms with Gasteiger partial charge in [0.25, 0.3) is 0 Å². The van der Waals surface area contributed by atoms with Crippen LogP contribution in [0.1, 0.15) is 112 Å². The maximum atomic E-state index is 16.0. The van der Waals surface area contributed by atoms with Crippen molar-refractivity contribution in [3.05, 3.63) is 41.5 Å². The standard InChI is InChI=1S/C40H59F2N4O11P/c1-10-11-12-30(35(50)46-21-27-20-29(27)33(46)34(49)44-25(3)13-18-31(43)47)45-32(48)19-24(2)26-14-16-28(17-15-26)40(41,42)58(53,56-22-54-36(51)38(4,5)6)57-23-55-37(52)39(7,8)9/h14-17,19,25,27,29-30,33H,10-13,18,20-23H2,1-9H3,(H2,43,47)(H,44,49)(H,45,48)/b24-19+/t25-,27-,29-,30+,33+/m1/s1. The highest BCUT2D eigenvalue weighted by molar-refractivity contribution is 7.54. The molecule has 2 fully saturated rings. The molecule has 324 valence electrons. The first-order chi connectivity index (χ1) is 26.8. The van der Waals surface area contributed by atoms with E-state index < -0.39 is 79.1 Å². The minimum atomic E-state index is -5.54. The zero-order chi connectivity index (χ0) is 43.8. The smallest absolute Gasteiger partial charge is 0.410 e. The largest absolute Gasteiger partial charge is 0.438 e. The molecule has 3 rings (SSSR count). The number of esters is 2. The van der Waals surface area contributed by atoms with Crippen LogP contribution in [0.25, 0.3) is 5.57 Å². The molecule has 0 spiro atoms. The zero-order valence-electron chi connectivity index (χ0n) is 34.9. The summed E-state index contributed by atoms with van der Waals surface area (Å²) in [4.78, 5) is 77.7. The molecule has 1 aliphatic heterocycles. The lowest BCUT2D eigenvalue weighted by molar-refractivity contribution is -0.163. The molecule has 0 radical (unpaired) electrons. The van der Waals surface area contributed by atoms with E-state index in [4.69, 9.17) is 24.3 Å². The van der Waals surface area contributed by atoms with Gasteiger partial charge in [-0.05, 0) is 97.6 Å².